The van der Waals surface area contributed by atoms with E-state index in [4.69, 9.17) is 5.73 Å². The van der Waals surface area contributed by atoms with Crippen molar-refractivity contribution in [2.24, 2.45) is 0 Å². The van der Waals surface area contributed by atoms with E-state index in [2.05, 4.69) is 53.7 Å². The lowest BCUT2D eigenvalue weighted by Gasteiger charge is -2.17. The molecule has 0 saturated carbocycles. The van der Waals surface area contributed by atoms with Crippen LogP contribution in [-0.4, -0.2) is 4.98 Å². The topological polar surface area (TPSA) is 38.9 Å². The molecule has 1 aromatic carbocycles. The molecule has 0 amide bonds. The van der Waals surface area contributed by atoms with Crippen molar-refractivity contribution in [2.75, 3.05) is 5.73 Å². The number of nitrogens with zero attached hydrogens (tertiary/aromatic N) is 1. The number of aromatic nitrogens is 1. The number of pyridine rings is 1. The third-order valence-electron chi connectivity index (χ3n) is 3.53. The molecule has 0 saturated heterocycles. The average molecular weight is 280 g/mol. The van der Waals surface area contributed by atoms with E-state index in [9.17, 15) is 0 Å². The van der Waals surface area contributed by atoms with E-state index in [1.54, 1.807) is 11.3 Å². The molecule has 2 N–H and O–H groups in total. The fourth-order valence-corrected chi connectivity index (χ4v) is 3.20. The first-order valence-corrected chi connectivity index (χ1v) is 7.47. The van der Waals surface area contributed by atoms with Gasteiger partial charge in [-0.05, 0) is 52.4 Å². The maximum atomic E-state index is 5.99. The van der Waals surface area contributed by atoms with Crippen LogP contribution >= 0.6 is 11.3 Å². The highest BCUT2D eigenvalue weighted by molar-refractivity contribution is 7.13. The quantitative estimate of drug-likeness (QED) is 0.715. The maximum absolute atomic E-state index is 5.99. The van der Waals surface area contributed by atoms with Crippen LogP contribution in [0.1, 0.15) is 24.0 Å². The Kier molecular flexibility index (Phi) is 3.52. The molecule has 100 valence electrons. The zero-order chi connectivity index (χ0) is 13.9. The van der Waals surface area contributed by atoms with E-state index in [1.807, 2.05) is 18.5 Å². The second-order valence-corrected chi connectivity index (χ2v) is 5.77. The van der Waals surface area contributed by atoms with E-state index in [0.29, 0.717) is 5.92 Å². The summed E-state index contributed by atoms with van der Waals surface area (Å²) in [5.74, 6) is 0.290. The van der Waals surface area contributed by atoms with E-state index < -0.39 is 0 Å². The van der Waals surface area contributed by atoms with Gasteiger partial charge in [0.2, 0.25) is 0 Å². The summed E-state index contributed by atoms with van der Waals surface area (Å²) in [4.78, 5) is 5.37. The summed E-state index contributed by atoms with van der Waals surface area (Å²) in [6.07, 6.45) is 3.67. The van der Waals surface area contributed by atoms with Crippen LogP contribution in [-0.2, 0) is 0 Å². The van der Waals surface area contributed by atoms with Gasteiger partial charge < -0.3 is 5.73 Å². The van der Waals surface area contributed by atoms with Crippen LogP contribution in [0.5, 0.6) is 0 Å². The molecule has 3 heteroatoms. The first kappa shape index (κ1) is 12.9. The molecule has 2 heterocycles. The molecule has 0 aliphatic heterocycles. The van der Waals surface area contributed by atoms with Crippen LogP contribution in [0.3, 0.4) is 0 Å². The monoisotopic (exact) mass is 280 g/mol. The molecule has 2 nitrogen and oxygen atoms in total. The number of thiophene rings is 1. The van der Waals surface area contributed by atoms with Crippen LogP contribution in [0, 0.1) is 0 Å². The summed E-state index contributed by atoms with van der Waals surface area (Å²) in [7, 11) is 0. The average Bonchev–Trinajstić information content (AvgIpc) is 3.01. The molecule has 0 radical (unpaired) electrons. The van der Waals surface area contributed by atoms with E-state index in [0.717, 1.165) is 5.69 Å². The van der Waals surface area contributed by atoms with Crippen molar-refractivity contribution in [3.8, 4) is 10.4 Å². The minimum Gasteiger partial charge on any atom is -0.399 e. The van der Waals surface area contributed by atoms with Gasteiger partial charge in [-0.25, -0.2) is 0 Å². The van der Waals surface area contributed by atoms with Crippen molar-refractivity contribution in [3.05, 3.63) is 71.4 Å². The Bertz CT molecular complexity index is 690. The first-order valence-electron chi connectivity index (χ1n) is 6.59. The fraction of sp³-hybridized carbons (Fsp3) is 0.118. The van der Waals surface area contributed by atoms with Crippen LogP contribution in [0.2, 0.25) is 0 Å². The Hall–Kier alpha value is -2.13. The Balaban J connectivity index is 2.11. The number of nitrogens with two attached hydrogens (primary N) is 1. The number of nitrogen functional groups attached to an aromatic ring is 1. The zero-order valence-corrected chi connectivity index (χ0v) is 12.1. The molecule has 0 spiro atoms. The normalized spacial score (nSPS) is 12.2. The van der Waals surface area contributed by atoms with Gasteiger partial charge in [-0.3, -0.25) is 4.98 Å². The molecule has 1 atom stereocenters. The molecule has 0 fully saturated rings. The summed E-state index contributed by atoms with van der Waals surface area (Å²) in [5, 5.41) is 2.10. The lowest BCUT2D eigenvalue weighted by molar-refractivity contribution is 0.921. The number of hydrogen-bond acceptors (Lipinski definition) is 3. The highest BCUT2D eigenvalue weighted by Crippen LogP contribution is 2.36. The first-order chi connectivity index (χ1) is 9.75. The van der Waals surface area contributed by atoms with Gasteiger partial charge in [-0.15, -0.1) is 11.3 Å². The van der Waals surface area contributed by atoms with E-state index >= 15 is 0 Å². The molecule has 0 bridgehead atoms. The summed E-state index contributed by atoms with van der Waals surface area (Å²) in [5.41, 5.74) is 10.6. The van der Waals surface area contributed by atoms with Crippen molar-refractivity contribution in [1.82, 2.24) is 4.98 Å². The highest BCUT2D eigenvalue weighted by atomic mass is 32.1. The molecule has 1 unspecified atom stereocenters. The van der Waals surface area contributed by atoms with Gasteiger partial charge in [0.15, 0.2) is 0 Å². The lowest BCUT2D eigenvalue weighted by Crippen LogP contribution is -2.00. The molecule has 3 rings (SSSR count). The standard InChI is InChI=1S/C17H16N2S/c1-12(13-6-8-19-9-7-13)16-11-14(18)4-5-15(16)17-3-2-10-20-17/h2-12H,18H2,1H3. The largest absolute Gasteiger partial charge is 0.399 e. The summed E-state index contributed by atoms with van der Waals surface area (Å²) in [6, 6.07) is 14.5. The third kappa shape index (κ3) is 2.45. The molecule has 0 aliphatic carbocycles. The van der Waals surface area contributed by atoms with Crippen molar-refractivity contribution in [2.45, 2.75) is 12.8 Å². The van der Waals surface area contributed by atoms with Crippen molar-refractivity contribution >= 4 is 17.0 Å². The lowest BCUT2D eigenvalue weighted by atomic mass is 9.89. The van der Waals surface area contributed by atoms with Crippen molar-refractivity contribution in [3.63, 3.8) is 0 Å². The minimum atomic E-state index is 0.290. The molecule has 2 aromatic heterocycles. The number of hydrogen-bond donors (Lipinski definition) is 1. The maximum Gasteiger partial charge on any atom is 0.0345 e. The van der Waals surface area contributed by atoms with Gasteiger partial charge in [-0.1, -0.05) is 19.1 Å². The summed E-state index contributed by atoms with van der Waals surface area (Å²) >= 11 is 1.76. The smallest absolute Gasteiger partial charge is 0.0345 e. The Morgan fingerprint density at radius 3 is 2.60 bits per heavy atom. The van der Waals surface area contributed by atoms with Gasteiger partial charge in [0.25, 0.3) is 0 Å². The van der Waals surface area contributed by atoms with Gasteiger partial charge in [0, 0.05) is 28.9 Å². The molecular weight excluding hydrogens is 264 g/mol. The van der Waals surface area contributed by atoms with Gasteiger partial charge in [0.1, 0.15) is 0 Å². The Morgan fingerprint density at radius 2 is 1.90 bits per heavy atom. The third-order valence-corrected chi connectivity index (χ3v) is 4.44. The van der Waals surface area contributed by atoms with Crippen LogP contribution in [0.25, 0.3) is 10.4 Å². The van der Waals surface area contributed by atoms with E-state index in [1.165, 1.54) is 21.6 Å². The van der Waals surface area contributed by atoms with Crippen LogP contribution in [0.4, 0.5) is 5.69 Å². The zero-order valence-electron chi connectivity index (χ0n) is 11.3. The highest BCUT2D eigenvalue weighted by Gasteiger charge is 2.14. The van der Waals surface area contributed by atoms with Crippen LogP contribution in [0.15, 0.2) is 60.2 Å². The van der Waals surface area contributed by atoms with Gasteiger partial charge in [0.05, 0.1) is 0 Å². The second kappa shape index (κ2) is 5.47. The van der Waals surface area contributed by atoms with Gasteiger partial charge in [-0.2, -0.15) is 0 Å². The molecular formula is C17H16N2S. The van der Waals surface area contributed by atoms with Crippen molar-refractivity contribution < 1.29 is 0 Å². The second-order valence-electron chi connectivity index (χ2n) is 4.83. The predicted molar refractivity (Wildman–Crippen MR) is 85.9 cm³/mol. The Morgan fingerprint density at radius 1 is 1.10 bits per heavy atom. The summed E-state index contributed by atoms with van der Waals surface area (Å²) in [6.45, 7) is 2.21. The van der Waals surface area contributed by atoms with Crippen LogP contribution < -0.4 is 5.73 Å². The number of rotatable bonds is 3. The molecule has 20 heavy (non-hydrogen) atoms. The van der Waals surface area contributed by atoms with Gasteiger partial charge >= 0.3 is 0 Å². The van der Waals surface area contributed by atoms with Crippen molar-refractivity contribution in [1.29, 1.82) is 0 Å². The van der Waals surface area contributed by atoms with E-state index in [-0.39, 0.29) is 0 Å². The SMILES string of the molecule is CC(c1ccncc1)c1cc(N)ccc1-c1cccs1. The molecule has 0 aliphatic rings. The fourth-order valence-electron chi connectivity index (χ4n) is 2.43. The Labute approximate surface area is 122 Å². The number of benzene rings is 1. The molecule has 3 aromatic rings. The number of anilines is 1. The predicted octanol–water partition coefficient (Wildman–Crippen LogP) is 4.54. The minimum absolute atomic E-state index is 0.290. The summed E-state index contributed by atoms with van der Waals surface area (Å²) < 4.78 is 0.